The zero-order chi connectivity index (χ0) is 10.8. The van der Waals surface area contributed by atoms with Crippen molar-refractivity contribution in [3.05, 3.63) is 23.3 Å². The molecule has 0 amide bonds. The second kappa shape index (κ2) is 3.93. The summed E-state index contributed by atoms with van der Waals surface area (Å²) in [6.07, 6.45) is 1.50. The Kier molecular flexibility index (Phi) is 2.62. The van der Waals surface area contributed by atoms with Crippen LogP contribution in [0.4, 0.5) is 0 Å². The fourth-order valence-corrected chi connectivity index (χ4v) is 1.86. The zero-order valence-electron chi connectivity index (χ0n) is 8.95. The molecule has 0 radical (unpaired) electrons. The van der Waals surface area contributed by atoms with Gasteiger partial charge in [0.25, 0.3) is 0 Å². The highest BCUT2D eigenvalue weighted by Crippen LogP contribution is 2.37. The molecule has 1 atom stereocenters. The maximum Gasteiger partial charge on any atom is 0.231 e. The van der Waals surface area contributed by atoms with Gasteiger partial charge in [0, 0.05) is 6.42 Å². The van der Waals surface area contributed by atoms with Gasteiger partial charge in [-0.15, -0.1) is 0 Å². The molecule has 1 aliphatic heterocycles. The van der Waals surface area contributed by atoms with Gasteiger partial charge in [-0.05, 0) is 36.1 Å². The summed E-state index contributed by atoms with van der Waals surface area (Å²) in [6.45, 7) is 4.36. The molecule has 0 N–H and O–H groups in total. The summed E-state index contributed by atoms with van der Waals surface area (Å²) in [4.78, 5) is 10.5. The van der Waals surface area contributed by atoms with E-state index in [0.29, 0.717) is 13.2 Å². The molecule has 3 heteroatoms. The first-order chi connectivity index (χ1) is 7.22. The van der Waals surface area contributed by atoms with Crippen LogP contribution in [0.5, 0.6) is 11.5 Å². The van der Waals surface area contributed by atoms with Crippen molar-refractivity contribution < 1.29 is 14.3 Å². The Morgan fingerprint density at radius 3 is 2.73 bits per heavy atom. The topological polar surface area (TPSA) is 35.5 Å². The van der Waals surface area contributed by atoms with E-state index in [1.165, 1.54) is 0 Å². The van der Waals surface area contributed by atoms with Crippen molar-refractivity contribution in [1.29, 1.82) is 0 Å². The van der Waals surface area contributed by atoms with E-state index < -0.39 is 0 Å². The average Bonchev–Trinajstić information content (AvgIpc) is 2.63. The van der Waals surface area contributed by atoms with Crippen molar-refractivity contribution in [3.8, 4) is 11.5 Å². The van der Waals surface area contributed by atoms with Crippen LogP contribution in [-0.2, 0) is 4.79 Å². The van der Waals surface area contributed by atoms with Crippen LogP contribution >= 0.6 is 0 Å². The normalized spacial score (nSPS) is 15.1. The van der Waals surface area contributed by atoms with E-state index >= 15 is 0 Å². The van der Waals surface area contributed by atoms with Crippen molar-refractivity contribution in [2.75, 3.05) is 6.79 Å². The number of hydrogen-bond acceptors (Lipinski definition) is 3. The number of carbonyl (C=O) groups is 1. The third-order valence-corrected chi connectivity index (χ3v) is 2.74. The fraction of sp³-hybridized carbons (Fsp3) is 0.417. The maximum atomic E-state index is 10.5. The predicted molar refractivity (Wildman–Crippen MR) is 56.4 cm³/mol. The number of ether oxygens (including phenoxy) is 2. The number of carbonyl (C=O) groups excluding carboxylic acids is 1. The first-order valence-corrected chi connectivity index (χ1v) is 5.06. The fourth-order valence-electron chi connectivity index (χ4n) is 1.86. The quantitative estimate of drug-likeness (QED) is 0.712. The van der Waals surface area contributed by atoms with Crippen LogP contribution in [0, 0.1) is 6.92 Å². The van der Waals surface area contributed by atoms with E-state index in [0.717, 1.165) is 28.9 Å². The van der Waals surface area contributed by atoms with E-state index in [4.69, 9.17) is 9.47 Å². The van der Waals surface area contributed by atoms with E-state index in [1.807, 2.05) is 26.0 Å². The second-order valence-electron chi connectivity index (χ2n) is 3.87. The molecule has 1 aliphatic rings. The highest BCUT2D eigenvalue weighted by Gasteiger charge is 2.17. The van der Waals surface area contributed by atoms with Gasteiger partial charge in [-0.25, -0.2) is 0 Å². The molecule has 0 saturated heterocycles. The Hall–Kier alpha value is -1.51. The van der Waals surface area contributed by atoms with Gasteiger partial charge >= 0.3 is 0 Å². The van der Waals surface area contributed by atoms with Crippen molar-refractivity contribution in [1.82, 2.24) is 0 Å². The molecule has 1 aromatic carbocycles. The van der Waals surface area contributed by atoms with Crippen molar-refractivity contribution >= 4 is 6.29 Å². The molecule has 80 valence electrons. The molecule has 0 fully saturated rings. The lowest BCUT2D eigenvalue weighted by Gasteiger charge is -2.12. The molecular weight excluding hydrogens is 192 g/mol. The Labute approximate surface area is 89.0 Å². The Balaban J connectivity index is 2.35. The minimum atomic E-state index is 0.233. The second-order valence-corrected chi connectivity index (χ2v) is 3.87. The smallest absolute Gasteiger partial charge is 0.231 e. The summed E-state index contributed by atoms with van der Waals surface area (Å²) in [6, 6.07) is 3.95. The summed E-state index contributed by atoms with van der Waals surface area (Å²) in [5.41, 5.74) is 2.31. The van der Waals surface area contributed by atoms with Gasteiger partial charge in [-0.1, -0.05) is 6.92 Å². The van der Waals surface area contributed by atoms with Crippen molar-refractivity contribution in [2.24, 2.45) is 0 Å². The lowest BCUT2D eigenvalue weighted by molar-refractivity contribution is -0.108. The number of rotatable bonds is 3. The monoisotopic (exact) mass is 206 g/mol. The molecule has 0 saturated carbocycles. The van der Waals surface area contributed by atoms with E-state index in [-0.39, 0.29) is 5.92 Å². The van der Waals surface area contributed by atoms with Crippen LogP contribution in [0.2, 0.25) is 0 Å². The standard InChI is InChI=1S/C12H14O3/c1-8(3-4-13)10-6-12-11(5-9(10)2)14-7-15-12/h4-6,8H,3,7H2,1-2H3. The minimum absolute atomic E-state index is 0.233. The van der Waals surface area contributed by atoms with E-state index in [2.05, 4.69) is 0 Å². The number of aldehydes is 1. The first-order valence-electron chi connectivity index (χ1n) is 5.06. The molecule has 3 nitrogen and oxygen atoms in total. The summed E-state index contributed by atoms with van der Waals surface area (Å²) >= 11 is 0. The van der Waals surface area contributed by atoms with E-state index in [1.54, 1.807) is 0 Å². The molecule has 1 unspecified atom stereocenters. The van der Waals surface area contributed by atoms with Crippen LogP contribution in [0.25, 0.3) is 0 Å². The molecule has 0 aromatic heterocycles. The van der Waals surface area contributed by atoms with Crippen molar-refractivity contribution in [3.63, 3.8) is 0 Å². The molecule has 2 rings (SSSR count). The predicted octanol–water partition coefficient (Wildman–Crippen LogP) is 2.42. The number of benzene rings is 1. The third-order valence-electron chi connectivity index (χ3n) is 2.74. The Bertz CT molecular complexity index is 385. The summed E-state index contributed by atoms with van der Waals surface area (Å²) in [5, 5.41) is 0. The van der Waals surface area contributed by atoms with Crippen molar-refractivity contribution in [2.45, 2.75) is 26.2 Å². The highest BCUT2D eigenvalue weighted by atomic mass is 16.7. The minimum Gasteiger partial charge on any atom is -0.454 e. The summed E-state index contributed by atoms with van der Waals surface area (Å²) in [5.74, 6) is 1.82. The summed E-state index contributed by atoms with van der Waals surface area (Å²) in [7, 11) is 0. The first kappa shape index (κ1) is 10.0. The number of aryl methyl sites for hydroxylation is 1. The molecule has 0 aliphatic carbocycles. The largest absolute Gasteiger partial charge is 0.454 e. The molecule has 1 aromatic rings. The van der Waals surface area contributed by atoms with Gasteiger partial charge < -0.3 is 14.3 Å². The van der Waals surface area contributed by atoms with Crippen LogP contribution in [-0.4, -0.2) is 13.1 Å². The molecule has 0 spiro atoms. The maximum absolute atomic E-state index is 10.5. The average molecular weight is 206 g/mol. The lowest BCUT2D eigenvalue weighted by atomic mass is 9.94. The Morgan fingerprint density at radius 2 is 2.07 bits per heavy atom. The van der Waals surface area contributed by atoms with Crippen LogP contribution < -0.4 is 9.47 Å². The van der Waals surface area contributed by atoms with Gasteiger partial charge in [0.2, 0.25) is 6.79 Å². The lowest BCUT2D eigenvalue weighted by Crippen LogP contribution is -1.97. The van der Waals surface area contributed by atoms with Crippen LogP contribution in [0.1, 0.15) is 30.4 Å². The molecular formula is C12H14O3. The number of hydrogen-bond donors (Lipinski definition) is 0. The van der Waals surface area contributed by atoms with Crippen LogP contribution in [0.3, 0.4) is 0 Å². The Morgan fingerprint density at radius 1 is 1.40 bits per heavy atom. The van der Waals surface area contributed by atoms with Crippen LogP contribution in [0.15, 0.2) is 12.1 Å². The van der Waals surface area contributed by atoms with Gasteiger partial charge in [-0.3, -0.25) is 0 Å². The zero-order valence-corrected chi connectivity index (χ0v) is 8.95. The summed E-state index contributed by atoms with van der Waals surface area (Å²) < 4.78 is 10.6. The number of fused-ring (bicyclic) bond motifs is 1. The molecule has 0 bridgehead atoms. The third kappa shape index (κ3) is 1.82. The van der Waals surface area contributed by atoms with Gasteiger partial charge in [0.1, 0.15) is 6.29 Å². The van der Waals surface area contributed by atoms with Gasteiger partial charge in [-0.2, -0.15) is 0 Å². The molecule has 1 heterocycles. The SMILES string of the molecule is Cc1cc2c(cc1C(C)CC=O)OCO2. The van der Waals surface area contributed by atoms with Gasteiger partial charge in [0.15, 0.2) is 11.5 Å². The van der Waals surface area contributed by atoms with E-state index in [9.17, 15) is 4.79 Å². The highest BCUT2D eigenvalue weighted by molar-refractivity contribution is 5.54. The molecule has 15 heavy (non-hydrogen) atoms. The van der Waals surface area contributed by atoms with Gasteiger partial charge in [0.05, 0.1) is 0 Å².